The number of carboxylic acid groups (broad SMARTS) is 1. The highest BCUT2D eigenvalue weighted by Crippen LogP contribution is 2.35. The first-order valence-corrected chi connectivity index (χ1v) is 20.6. The Bertz CT molecular complexity index is 2770. The predicted octanol–water partition coefficient (Wildman–Crippen LogP) is 5.90. The molecule has 0 amide bonds. The van der Waals surface area contributed by atoms with Crippen molar-refractivity contribution in [2.75, 3.05) is 0 Å². The number of benzene rings is 5. The van der Waals surface area contributed by atoms with Crippen molar-refractivity contribution in [1.82, 2.24) is 0 Å². The van der Waals surface area contributed by atoms with Crippen molar-refractivity contribution in [2.24, 2.45) is 0 Å². The van der Waals surface area contributed by atoms with Crippen molar-refractivity contribution < 1.29 is 99.1 Å². The molecule has 0 radical (unpaired) electrons. The van der Waals surface area contributed by atoms with Crippen LogP contribution in [0.5, 0.6) is 57.5 Å². The quantitative estimate of drug-likeness (QED) is 0.0381. The second kappa shape index (κ2) is 20.7. The molecule has 0 bridgehead atoms. The summed E-state index contributed by atoms with van der Waals surface area (Å²) >= 11 is 0. The first kappa shape index (κ1) is 50.4. The third kappa shape index (κ3) is 12.0. The molecule has 68 heavy (non-hydrogen) atoms. The summed E-state index contributed by atoms with van der Waals surface area (Å²) in [7, 11) is 0. The van der Waals surface area contributed by atoms with Crippen LogP contribution in [0.3, 0.4) is 0 Å². The van der Waals surface area contributed by atoms with E-state index in [0.717, 1.165) is 54.6 Å². The van der Waals surface area contributed by atoms with Crippen LogP contribution < -0.4 is 0 Å². The number of carbonyl (C=O) groups is 5. The number of carboxylic acids is 1. The Morgan fingerprint density at radius 3 is 0.853 bits per heavy atom. The first-order chi connectivity index (χ1) is 31.8. The van der Waals surface area contributed by atoms with Crippen molar-refractivity contribution in [1.29, 1.82) is 0 Å². The highest BCUT2D eigenvalue weighted by Gasteiger charge is 2.30. The lowest BCUT2D eigenvalue weighted by molar-refractivity contribution is 0.0314. The topological polar surface area (TPSA) is 345 Å². The lowest BCUT2D eigenvalue weighted by atomic mass is 9.98. The van der Waals surface area contributed by atoms with Crippen LogP contribution in [0.4, 0.5) is 0 Å². The van der Waals surface area contributed by atoms with Gasteiger partial charge in [0, 0.05) is 56.0 Å². The lowest BCUT2D eigenvalue weighted by Gasteiger charge is -2.21. The van der Waals surface area contributed by atoms with Crippen LogP contribution in [0.1, 0.15) is 107 Å². The van der Waals surface area contributed by atoms with Gasteiger partial charge >= 0.3 is 29.8 Å². The van der Waals surface area contributed by atoms with E-state index in [1.165, 1.54) is 40.7 Å². The molecule has 0 saturated heterocycles. The van der Waals surface area contributed by atoms with Gasteiger partial charge in [0.1, 0.15) is 110 Å². The summed E-state index contributed by atoms with van der Waals surface area (Å²) in [6.45, 7) is 7.04. The Kier molecular flexibility index (Phi) is 15.4. The molecule has 4 atom stereocenters. The van der Waals surface area contributed by atoms with Crippen LogP contribution >= 0.6 is 0 Å². The third-order valence-corrected chi connectivity index (χ3v) is 10.3. The number of hydrogen-bond acceptors (Lipinski definition) is 19. The largest absolute Gasteiger partial charge is 0.508 e. The Balaban J connectivity index is 1.30. The van der Waals surface area contributed by atoms with Gasteiger partial charge in [-0.2, -0.15) is 0 Å². The van der Waals surface area contributed by atoms with E-state index >= 15 is 0 Å². The summed E-state index contributed by atoms with van der Waals surface area (Å²) in [4.78, 5) is 65.5. The van der Waals surface area contributed by atoms with Crippen LogP contribution in [-0.2, 0) is 44.6 Å². The maximum Gasteiger partial charge on any atom is 0.342 e. The van der Waals surface area contributed by atoms with Crippen LogP contribution in [0.2, 0.25) is 0 Å². The van der Waals surface area contributed by atoms with E-state index in [0.29, 0.717) is 0 Å². The van der Waals surface area contributed by atoms with Crippen LogP contribution in [-0.4, -0.2) is 110 Å². The molecule has 20 heteroatoms. The molecule has 5 aromatic rings. The zero-order chi connectivity index (χ0) is 50.5. The number of phenolic OH excluding ortho intramolecular Hbond substituents is 9. The summed E-state index contributed by atoms with van der Waals surface area (Å²) in [5.41, 5.74) is -2.15. The van der Waals surface area contributed by atoms with Gasteiger partial charge in [0.15, 0.2) is 0 Å². The van der Waals surface area contributed by atoms with E-state index in [4.69, 9.17) is 18.9 Å². The summed E-state index contributed by atoms with van der Waals surface area (Å²) in [5.74, 6) is -11.5. The minimum absolute atomic E-state index is 0.0188. The van der Waals surface area contributed by atoms with E-state index in [2.05, 4.69) is 0 Å². The van der Waals surface area contributed by atoms with Crippen LogP contribution in [0.25, 0.3) is 0 Å². The van der Waals surface area contributed by atoms with Gasteiger partial charge in [-0.15, -0.1) is 0 Å². The molecule has 0 aliphatic heterocycles. The Morgan fingerprint density at radius 2 is 0.588 bits per heavy atom. The molecule has 0 heterocycles. The number of esters is 4. The summed E-state index contributed by atoms with van der Waals surface area (Å²) < 4.78 is 22.1. The molecule has 5 rings (SSSR count). The van der Waals surface area contributed by atoms with E-state index in [-0.39, 0.29) is 64.8 Å². The number of hydrogen-bond donors (Lipinski definition) is 11. The fourth-order valence-electron chi connectivity index (χ4n) is 7.66. The SMILES string of the molecule is Cc1cc(O)cc(O)c1C(=O)OC(C)Cc1cc(O)cc(O)c1C(=O)OC(C)Cc1cc(O)cc(O)c1C(=O)OC(C)Cc1cc(O)cc(O)c1C(=O)OC(C)Cc1cc(O)cc(O)c1C(=O)O. The Labute approximate surface area is 386 Å². The number of ether oxygens (including phenoxy) is 4. The monoisotopic (exact) mass is 944 g/mol. The highest BCUT2D eigenvalue weighted by molar-refractivity contribution is 5.97. The smallest absolute Gasteiger partial charge is 0.342 e. The number of rotatable bonds is 17. The average molecular weight is 945 g/mol. The second-order valence-electron chi connectivity index (χ2n) is 16.1. The molecule has 0 fully saturated rings. The van der Waals surface area contributed by atoms with Gasteiger partial charge in [-0.3, -0.25) is 0 Å². The second-order valence-corrected chi connectivity index (χ2v) is 16.1. The molecular formula is C48H48O20. The number of phenols is 10. The van der Waals surface area contributed by atoms with Gasteiger partial charge in [-0.25, -0.2) is 24.0 Å². The lowest BCUT2D eigenvalue weighted by Crippen LogP contribution is -2.24. The van der Waals surface area contributed by atoms with Gasteiger partial charge < -0.3 is 75.1 Å². The fourth-order valence-corrected chi connectivity index (χ4v) is 7.66. The van der Waals surface area contributed by atoms with Crippen molar-refractivity contribution in [3.05, 3.63) is 116 Å². The van der Waals surface area contributed by atoms with E-state index in [1.54, 1.807) is 0 Å². The van der Waals surface area contributed by atoms with Gasteiger partial charge in [0.05, 0.1) is 0 Å². The number of aromatic carboxylic acids is 1. The first-order valence-electron chi connectivity index (χ1n) is 20.6. The molecule has 0 spiro atoms. The minimum atomic E-state index is -1.51. The average Bonchev–Trinajstić information content (AvgIpc) is 3.15. The molecule has 20 nitrogen and oxygen atoms in total. The Hall–Kier alpha value is -8.55. The van der Waals surface area contributed by atoms with Crippen molar-refractivity contribution in [2.45, 2.75) is 84.7 Å². The summed E-state index contributed by atoms with van der Waals surface area (Å²) in [5, 5.41) is 113. The van der Waals surface area contributed by atoms with Gasteiger partial charge in [-0.05, 0) is 92.8 Å². The predicted molar refractivity (Wildman–Crippen MR) is 235 cm³/mol. The molecule has 0 aromatic heterocycles. The van der Waals surface area contributed by atoms with E-state index in [9.17, 15) is 80.1 Å². The summed E-state index contributed by atoms with van der Waals surface area (Å²) in [6, 6.07) is 9.98. The van der Waals surface area contributed by atoms with Crippen LogP contribution in [0.15, 0.2) is 60.7 Å². The number of aromatic hydroxyl groups is 10. The number of carbonyl (C=O) groups excluding carboxylic acids is 4. The normalized spacial score (nSPS) is 12.8. The van der Waals surface area contributed by atoms with E-state index in [1.807, 2.05) is 0 Å². The van der Waals surface area contributed by atoms with Gasteiger partial charge in [0.2, 0.25) is 0 Å². The molecule has 11 N–H and O–H groups in total. The van der Waals surface area contributed by atoms with Gasteiger partial charge in [-0.1, -0.05) is 0 Å². The zero-order valence-electron chi connectivity index (χ0n) is 37.0. The highest BCUT2D eigenvalue weighted by atomic mass is 16.6. The summed E-state index contributed by atoms with van der Waals surface area (Å²) in [6.07, 6.45) is -5.74. The fraction of sp³-hybridized carbons (Fsp3) is 0.271. The van der Waals surface area contributed by atoms with Crippen molar-refractivity contribution >= 4 is 29.8 Å². The molecule has 0 aliphatic rings. The molecule has 4 unspecified atom stereocenters. The van der Waals surface area contributed by atoms with Gasteiger partial charge in [0.25, 0.3) is 0 Å². The van der Waals surface area contributed by atoms with Crippen molar-refractivity contribution in [3.8, 4) is 57.5 Å². The third-order valence-electron chi connectivity index (χ3n) is 10.3. The van der Waals surface area contributed by atoms with Crippen molar-refractivity contribution in [3.63, 3.8) is 0 Å². The molecule has 5 aromatic carbocycles. The maximum atomic E-state index is 13.7. The number of aryl methyl sites for hydroxylation is 1. The zero-order valence-corrected chi connectivity index (χ0v) is 37.0. The maximum absolute atomic E-state index is 13.7. The molecule has 360 valence electrons. The Morgan fingerprint density at radius 1 is 0.368 bits per heavy atom. The molecule has 0 saturated carbocycles. The van der Waals surface area contributed by atoms with E-state index < -0.39 is 128 Å². The minimum Gasteiger partial charge on any atom is -0.508 e. The molecular weight excluding hydrogens is 897 g/mol. The molecule has 0 aliphatic carbocycles. The standard InChI is InChI=1S/C48H48O20/c1-20-6-29(49)15-34(54)39(20)45(61)65-22(3)8-26-12-31(51)17-36(56)41(26)47(63)67-24(5)10-28-14-33(53)19-38(58)43(28)48(64)68-23(4)9-27-13-32(52)18-37(57)42(27)46(62)66-21(2)7-25-11-30(50)16-35(55)40(25)44(59)60/h6,11-19,21-24,49-58H,7-10H2,1-5H3,(H,59,60). The van der Waals surface area contributed by atoms with Crippen LogP contribution in [0, 0.1) is 6.92 Å².